The SMILES string of the molecule is Cc1cc(=O)n2c(n1)N=C(Nc1ccccc1)NC2c1ccc(C(C)(C)C)cc1. The smallest absolute Gasteiger partial charge is 0.257 e. The summed E-state index contributed by atoms with van der Waals surface area (Å²) in [4.78, 5) is 21.8. The van der Waals surface area contributed by atoms with Crippen LogP contribution in [0.3, 0.4) is 0 Å². The van der Waals surface area contributed by atoms with Crippen molar-refractivity contribution in [2.24, 2.45) is 4.99 Å². The average Bonchev–Trinajstić information content (AvgIpc) is 2.67. The molecule has 0 spiro atoms. The van der Waals surface area contributed by atoms with Crippen LogP contribution >= 0.6 is 0 Å². The molecule has 2 heterocycles. The number of hydrogen-bond acceptors (Lipinski definition) is 5. The summed E-state index contributed by atoms with van der Waals surface area (Å²) >= 11 is 0. The van der Waals surface area contributed by atoms with E-state index in [4.69, 9.17) is 0 Å². The number of rotatable bonds is 2. The molecule has 6 nitrogen and oxygen atoms in total. The van der Waals surface area contributed by atoms with E-state index < -0.39 is 6.17 Å². The van der Waals surface area contributed by atoms with Gasteiger partial charge in [0.1, 0.15) is 6.17 Å². The normalized spacial score (nSPS) is 15.9. The Balaban J connectivity index is 1.76. The van der Waals surface area contributed by atoms with Gasteiger partial charge < -0.3 is 10.6 Å². The fourth-order valence-electron chi connectivity index (χ4n) is 3.36. The number of guanidine groups is 1. The summed E-state index contributed by atoms with van der Waals surface area (Å²) in [5.41, 5.74) is 3.69. The molecule has 1 atom stereocenters. The molecule has 0 saturated carbocycles. The highest BCUT2D eigenvalue weighted by atomic mass is 16.1. The van der Waals surface area contributed by atoms with Gasteiger partial charge in [0.25, 0.3) is 5.56 Å². The van der Waals surface area contributed by atoms with Gasteiger partial charge >= 0.3 is 0 Å². The highest BCUT2D eigenvalue weighted by Crippen LogP contribution is 2.27. The van der Waals surface area contributed by atoms with Crippen molar-refractivity contribution in [3.05, 3.63) is 87.8 Å². The summed E-state index contributed by atoms with van der Waals surface area (Å²) in [5, 5.41) is 6.63. The Bertz CT molecular complexity index is 1110. The first-order valence-corrected chi connectivity index (χ1v) is 9.69. The third kappa shape index (κ3) is 3.92. The fourth-order valence-corrected chi connectivity index (χ4v) is 3.36. The van der Waals surface area contributed by atoms with E-state index in [2.05, 4.69) is 65.6 Å². The minimum Gasteiger partial charge on any atom is -0.331 e. The maximum atomic E-state index is 12.8. The van der Waals surface area contributed by atoms with Crippen LogP contribution in [0.15, 0.2) is 70.5 Å². The lowest BCUT2D eigenvalue weighted by molar-refractivity contribution is 0.512. The second-order valence-corrected chi connectivity index (χ2v) is 8.28. The fraction of sp³-hybridized carbons (Fsp3) is 0.261. The molecule has 148 valence electrons. The second kappa shape index (κ2) is 7.20. The van der Waals surface area contributed by atoms with E-state index in [9.17, 15) is 4.79 Å². The van der Waals surface area contributed by atoms with Gasteiger partial charge in [-0.3, -0.25) is 9.36 Å². The van der Waals surface area contributed by atoms with Crippen LogP contribution in [0.25, 0.3) is 0 Å². The van der Waals surface area contributed by atoms with Crippen LogP contribution < -0.4 is 16.2 Å². The predicted molar refractivity (Wildman–Crippen MR) is 117 cm³/mol. The molecule has 1 unspecified atom stereocenters. The Labute approximate surface area is 170 Å². The number of aromatic nitrogens is 2. The molecule has 0 radical (unpaired) electrons. The van der Waals surface area contributed by atoms with Gasteiger partial charge in [0, 0.05) is 17.4 Å². The molecular weight excluding hydrogens is 362 g/mol. The summed E-state index contributed by atoms with van der Waals surface area (Å²) in [7, 11) is 0. The van der Waals surface area contributed by atoms with Crippen molar-refractivity contribution in [1.82, 2.24) is 14.9 Å². The van der Waals surface area contributed by atoms with Gasteiger partial charge in [-0.2, -0.15) is 4.99 Å². The molecule has 6 heteroatoms. The monoisotopic (exact) mass is 387 g/mol. The molecule has 2 aromatic carbocycles. The van der Waals surface area contributed by atoms with Crippen LogP contribution in [-0.2, 0) is 5.41 Å². The Hall–Kier alpha value is -3.41. The summed E-state index contributed by atoms with van der Waals surface area (Å²) in [5.74, 6) is 0.940. The molecular formula is C23H25N5O. The molecule has 0 saturated heterocycles. The van der Waals surface area contributed by atoms with E-state index >= 15 is 0 Å². The summed E-state index contributed by atoms with van der Waals surface area (Å²) in [6.45, 7) is 8.35. The van der Waals surface area contributed by atoms with Crippen molar-refractivity contribution in [2.45, 2.75) is 39.3 Å². The van der Waals surface area contributed by atoms with E-state index in [0.717, 1.165) is 11.3 Å². The Morgan fingerprint density at radius 1 is 1.03 bits per heavy atom. The zero-order valence-electron chi connectivity index (χ0n) is 17.1. The first-order valence-electron chi connectivity index (χ1n) is 9.69. The highest BCUT2D eigenvalue weighted by Gasteiger charge is 2.26. The number of fused-ring (bicyclic) bond motifs is 1. The van der Waals surface area contributed by atoms with E-state index in [1.165, 1.54) is 11.6 Å². The van der Waals surface area contributed by atoms with Crippen molar-refractivity contribution in [1.29, 1.82) is 0 Å². The van der Waals surface area contributed by atoms with Crippen LogP contribution in [0.2, 0.25) is 0 Å². The number of nitrogens with zero attached hydrogens (tertiary/aromatic N) is 3. The Morgan fingerprint density at radius 3 is 2.38 bits per heavy atom. The topological polar surface area (TPSA) is 71.3 Å². The van der Waals surface area contributed by atoms with E-state index in [0.29, 0.717) is 17.6 Å². The third-order valence-corrected chi connectivity index (χ3v) is 4.93. The predicted octanol–water partition coefficient (Wildman–Crippen LogP) is 4.10. The quantitative estimate of drug-likeness (QED) is 0.694. The average molecular weight is 387 g/mol. The molecule has 29 heavy (non-hydrogen) atoms. The van der Waals surface area contributed by atoms with Gasteiger partial charge in [0.2, 0.25) is 11.9 Å². The van der Waals surface area contributed by atoms with Crippen LogP contribution in [-0.4, -0.2) is 15.5 Å². The van der Waals surface area contributed by atoms with Crippen molar-refractivity contribution in [3.63, 3.8) is 0 Å². The van der Waals surface area contributed by atoms with Gasteiger partial charge in [-0.1, -0.05) is 63.2 Å². The number of para-hydroxylation sites is 1. The van der Waals surface area contributed by atoms with Crippen LogP contribution in [0.5, 0.6) is 0 Å². The maximum absolute atomic E-state index is 12.8. The number of hydrogen-bond donors (Lipinski definition) is 2. The number of aliphatic imine (C=N–C) groups is 1. The van der Waals surface area contributed by atoms with Crippen LogP contribution in [0.4, 0.5) is 11.6 Å². The molecule has 1 aliphatic heterocycles. The maximum Gasteiger partial charge on any atom is 0.257 e. The molecule has 2 N–H and O–H groups in total. The molecule has 1 aliphatic rings. The van der Waals surface area contributed by atoms with E-state index in [1.807, 2.05) is 30.3 Å². The number of benzene rings is 2. The largest absolute Gasteiger partial charge is 0.331 e. The van der Waals surface area contributed by atoms with Gasteiger partial charge in [-0.15, -0.1) is 0 Å². The molecule has 0 bridgehead atoms. The summed E-state index contributed by atoms with van der Waals surface area (Å²) < 4.78 is 1.59. The van der Waals surface area contributed by atoms with Gasteiger partial charge in [0.05, 0.1) is 0 Å². The van der Waals surface area contributed by atoms with Crippen molar-refractivity contribution in [2.75, 3.05) is 5.32 Å². The lowest BCUT2D eigenvalue weighted by Gasteiger charge is -2.29. The van der Waals surface area contributed by atoms with Crippen molar-refractivity contribution < 1.29 is 0 Å². The van der Waals surface area contributed by atoms with Crippen LogP contribution in [0.1, 0.15) is 43.8 Å². The zero-order chi connectivity index (χ0) is 20.6. The number of aryl methyl sites for hydroxylation is 1. The Kier molecular flexibility index (Phi) is 4.70. The Morgan fingerprint density at radius 2 is 1.72 bits per heavy atom. The van der Waals surface area contributed by atoms with Crippen LogP contribution in [0, 0.1) is 6.92 Å². The van der Waals surface area contributed by atoms with E-state index in [-0.39, 0.29) is 11.0 Å². The summed E-state index contributed by atoms with van der Waals surface area (Å²) in [6.07, 6.45) is -0.400. The molecule has 1 aromatic heterocycles. The highest BCUT2D eigenvalue weighted by molar-refractivity contribution is 5.95. The lowest BCUT2D eigenvalue weighted by atomic mass is 9.86. The summed E-state index contributed by atoms with van der Waals surface area (Å²) in [6, 6.07) is 19.7. The van der Waals surface area contributed by atoms with Crippen molar-refractivity contribution in [3.8, 4) is 0 Å². The third-order valence-electron chi connectivity index (χ3n) is 4.93. The van der Waals surface area contributed by atoms with Gasteiger partial charge in [-0.05, 0) is 35.6 Å². The molecule has 4 rings (SSSR count). The lowest BCUT2D eigenvalue weighted by Crippen LogP contribution is -2.44. The van der Waals surface area contributed by atoms with Gasteiger partial charge in [-0.25, -0.2) is 4.98 Å². The first-order chi connectivity index (χ1) is 13.8. The first kappa shape index (κ1) is 18.9. The number of nitrogens with one attached hydrogen (secondary N) is 2. The zero-order valence-corrected chi connectivity index (χ0v) is 17.1. The van der Waals surface area contributed by atoms with Gasteiger partial charge in [0.15, 0.2) is 0 Å². The number of anilines is 1. The minimum atomic E-state index is -0.400. The standard InChI is InChI=1S/C23H25N5O/c1-15-14-19(29)28-20(16-10-12-17(13-11-16)23(2,3)4)26-21(27-22(28)24-15)25-18-8-6-5-7-9-18/h5-14,20H,1-4H3,(H2,24,25,26,27). The molecule has 0 aliphatic carbocycles. The molecule has 0 amide bonds. The second-order valence-electron chi connectivity index (χ2n) is 8.28. The van der Waals surface area contributed by atoms with E-state index in [1.54, 1.807) is 11.5 Å². The minimum absolute atomic E-state index is 0.0629. The molecule has 3 aromatic rings. The van der Waals surface area contributed by atoms with Crippen molar-refractivity contribution >= 4 is 17.6 Å². The molecule has 0 fully saturated rings.